The standard InChI is InChI=1S/C19H16FN7OS2/c1-2-16-23-25-18(30-16)22-15(28)11-29-19-26-24-17(12-7-9-21-10-8-12)27(19)14-5-3-13(20)4-6-14/h3-10H,2,11H2,1H3,(H,22,25,28). The third-order valence-electron chi connectivity index (χ3n) is 4.00. The van der Waals surface area contributed by atoms with E-state index in [1.807, 2.05) is 19.1 Å². The molecule has 0 spiro atoms. The summed E-state index contributed by atoms with van der Waals surface area (Å²) >= 11 is 2.57. The van der Waals surface area contributed by atoms with Crippen LogP contribution in [0.2, 0.25) is 0 Å². The van der Waals surface area contributed by atoms with Crippen LogP contribution in [0.25, 0.3) is 17.1 Å². The first-order valence-electron chi connectivity index (χ1n) is 9.01. The molecule has 0 aliphatic heterocycles. The molecular formula is C19H16FN7OS2. The van der Waals surface area contributed by atoms with Gasteiger partial charge in [-0.05, 0) is 42.8 Å². The summed E-state index contributed by atoms with van der Waals surface area (Å²) in [5, 5.41) is 21.0. The maximum Gasteiger partial charge on any atom is 0.236 e. The number of aromatic nitrogens is 6. The molecule has 0 radical (unpaired) electrons. The summed E-state index contributed by atoms with van der Waals surface area (Å²) in [6, 6.07) is 9.64. The lowest BCUT2D eigenvalue weighted by molar-refractivity contribution is -0.113. The van der Waals surface area contributed by atoms with Crippen LogP contribution in [0.5, 0.6) is 0 Å². The lowest BCUT2D eigenvalue weighted by Crippen LogP contribution is -2.14. The number of anilines is 1. The third-order valence-corrected chi connectivity index (χ3v) is 5.92. The van der Waals surface area contributed by atoms with E-state index >= 15 is 0 Å². The van der Waals surface area contributed by atoms with Gasteiger partial charge < -0.3 is 0 Å². The van der Waals surface area contributed by atoms with Crippen molar-refractivity contribution in [3.05, 3.63) is 59.6 Å². The van der Waals surface area contributed by atoms with E-state index in [1.54, 1.807) is 29.1 Å². The van der Waals surface area contributed by atoms with Crippen molar-refractivity contribution in [1.82, 2.24) is 29.9 Å². The number of amides is 1. The summed E-state index contributed by atoms with van der Waals surface area (Å²) in [4.78, 5) is 16.4. The molecule has 3 heterocycles. The highest BCUT2D eigenvalue weighted by atomic mass is 32.2. The average molecular weight is 442 g/mol. The first-order valence-corrected chi connectivity index (χ1v) is 10.8. The smallest absolute Gasteiger partial charge is 0.236 e. The number of thioether (sulfide) groups is 1. The Bertz CT molecular complexity index is 1150. The summed E-state index contributed by atoms with van der Waals surface area (Å²) in [5.74, 6) is 0.118. The van der Waals surface area contributed by atoms with Gasteiger partial charge in [-0.3, -0.25) is 19.7 Å². The van der Waals surface area contributed by atoms with Gasteiger partial charge in [0.1, 0.15) is 10.8 Å². The molecule has 0 aliphatic carbocycles. The maximum absolute atomic E-state index is 13.4. The molecule has 1 amide bonds. The van der Waals surface area contributed by atoms with E-state index in [0.29, 0.717) is 21.8 Å². The van der Waals surface area contributed by atoms with Crippen LogP contribution in [0.4, 0.5) is 9.52 Å². The molecular weight excluding hydrogens is 425 g/mol. The van der Waals surface area contributed by atoms with Crippen LogP contribution >= 0.6 is 23.1 Å². The van der Waals surface area contributed by atoms with Gasteiger partial charge in [-0.25, -0.2) is 4.39 Å². The summed E-state index contributed by atoms with van der Waals surface area (Å²) in [6.07, 6.45) is 4.08. The van der Waals surface area contributed by atoms with E-state index in [0.717, 1.165) is 17.0 Å². The highest BCUT2D eigenvalue weighted by molar-refractivity contribution is 7.99. The van der Waals surface area contributed by atoms with Crippen LogP contribution in [-0.2, 0) is 11.2 Å². The Hall–Kier alpha value is -3.18. The van der Waals surface area contributed by atoms with Crippen LogP contribution in [0.3, 0.4) is 0 Å². The Morgan fingerprint density at radius 3 is 2.57 bits per heavy atom. The minimum Gasteiger partial charge on any atom is -0.300 e. The quantitative estimate of drug-likeness (QED) is 0.437. The molecule has 152 valence electrons. The van der Waals surface area contributed by atoms with Gasteiger partial charge in [0.2, 0.25) is 11.0 Å². The number of nitrogens with one attached hydrogen (secondary N) is 1. The van der Waals surface area contributed by atoms with Crippen molar-refractivity contribution in [2.24, 2.45) is 0 Å². The normalized spacial score (nSPS) is 10.9. The Morgan fingerprint density at radius 2 is 1.87 bits per heavy atom. The third kappa shape index (κ3) is 4.52. The van der Waals surface area contributed by atoms with Gasteiger partial charge in [-0.2, -0.15) is 0 Å². The predicted octanol–water partition coefficient (Wildman–Crippen LogP) is 3.61. The molecule has 8 nitrogen and oxygen atoms in total. The molecule has 1 N–H and O–H groups in total. The molecule has 3 aromatic heterocycles. The molecule has 4 aromatic rings. The highest BCUT2D eigenvalue weighted by Crippen LogP contribution is 2.28. The lowest BCUT2D eigenvalue weighted by Gasteiger charge is -2.10. The zero-order chi connectivity index (χ0) is 20.9. The SMILES string of the molecule is CCc1nnc(NC(=O)CSc2nnc(-c3ccncc3)n2-c2ccc(F)cc2)s1. The molecule has 11 heteroatoms. The van der Waals surface area contributed by atoms with E-state index in [9.17, 15) is 9.18 Å². The summed E-state index contributed by atoms with van der Waals surface area (Å²) < 4.78 is 15.2. The monoisotopic (exact) mass is 441 g/mol. The number of halogens is 1. The van der Waals surface area contributed by atoms with E-state index in [2.05, 4.69) is 30.7 Å². The van der Waals surface area contributed by atoms with Gasteiger partial charge in [-0.15, -0.1) is 20.4 Å². The van der Waals surface area contributed by atoms with Gasteiger partial charge in [0, 0.05) is 23.6 Å². The number of nitrogens with zero attached hydrogens (tertiary/aromatic N) is 6. The zero-order valence-electron chi connectivity index (χ0n) is 15.8. The van der Waals surface area contributed by atoms with Crippen LogP contribution in [0.1, 0.15) is 11.9 Å². The first-order chi connectivity index (χ1) is 14.6. The molecule has 0 saturated heterocycles. The Labute approximate surface area is 179 Å². The Kier molecular flexibility index (Phi) is 6.10. The molecule has 0 unspecified atom stereocenters. The number of carbonyl (C=O) groups excluding carboxylic acids is 1. The molecule has 30 heavy (non-hydrogen) atoms. The van der Waals surface area contributed by atoms with Crippen molar-refractivity contribution in [2.45, 2.75) is 18.5 Å². The van der Waals surface area contributed by atoms with Crippen molar-refractivity contribution in [1.29, 1.82) is 0 Å². The highest BCUT2D eigenvalue weighted by Gasteiger charge is 2.18. The molecule has 0 bridgehead atoms. The van der Waals surface area contributed by atoms with Crippen molar-refractivity contribution < 1.29 is 9.18 Å². The number of rotatable bonds is 7. The number of pyridine rings is 1. The summed E-state index contributed by atoms with van der Waals surface area (Å²) in [7, 11) is 0. The van der Waals surface area contributed by atoms with Crippen molar-refractivity contribution in [2.75, 3.05) is 11.1 Å². The van der Waals surface area contributed by atoms with Crippen molar-refractivity contribution in [3.63, 3.8) is 0 Å². The molecule has 1 aromatic carbocycles. The molecule has 0 saturated carbocycles. The van der Waals surface area contributed by atoms with Crippen molar-refractivity contribution >= 4 is 34.1 Å². The minimum atomic E-state index is -0.339. The fraction of sp³-hybridized carbons (Fsp3) is 0.158. The molecule has 0 aliphatic rings. The second-order valence-electron chi connectivity index (χ2n) is 6.05. The van der Waals surface area contributed by atoms with Gasteiger partial charge in [-0.1, -0.05) is 30.0 Å². The molecule has 4 rings (SSSR count). The second kappa shape index (κ2) is 9.09. The van der Waals surface area contributed by atoms with Gasteiger partial charge in [0.25, 0.3) is 0 Å². The average Bonchev–Trinajstić information content (AvgIpc) is 3.40. The van der Waals surface area contributed by atoms with Crippen LogP contribution in [-0.4, -0.2) is 41.6 Å². The number of carbonyl (C=O) groups is 1. The number of aryl methyl sites for hydroxylation is 1. The van der Waals surface area contributed by atoms with Gasteiger partial charge in [0.05, 0.1) is 5.75 Å². The van der Waals surface area contributed by atoms with Crippen molar-refractivity contribution in [3.8, 4) is 17.1 Å². The first kappa shape index (κ1) is 20.1. The largest absolute Gasteiger partial charge is 0.300 e. The van der Waals surface area contributed by atoms with Crippen LogP contribution in [0.15, 0.2) is 53.9 Å². The predicted molar refractivity (Wildman–Crippen MR) is 113 cm³/mol. The Morgan fingerprint density at radius 1 is 1.10 bits per heavy atom. The second-order valence-corrected chi connectivity index (χ2v) is 8.05. The Balaban J connectivity index is 1.57. The van der Waals surface area contributed by atoms with Gasteiger partial charge in [0.15, 0.2) is 11.0 Å². The minimum absolute atomic E-state index is 0.108. The number of hydrogen-bond acceptors (Lipinski definition) is 8. The van der Waals surface area contributed by atoms with Crippen LogP contribution in [0, 0.1) is 5.82 Å². The number of hydrogen-bond donors (Lipinski definition) is 1. The van der Waals surface area contributed by atoms with Gasteiger partial charge >= 0.3 is 0 Å². The maximum atomic E-state index is 13.4. The van der Waals surface area contributed by atoms with E-state index in [1.165, 1.54) is 35.2 Å². The van der Waals surface area contributed by atoms with E-state index in [-0.39, 0.29) is 17.5 Å². The fourth-order valence-corrected chi connectivity index (χ4v) is 4.05. The summed E-state index contributed by atoms with van der Waals surface area (Å²) in [6.45, 7) is 1.98. The lowest BCUT2D eigenvalue weighted by atomic mass is 10.2. The zero-order valence-corrected chi connectivity index (χ0v) is 17.5. The summed E-state index contributed by atoms with van der Waals surface area (Å²) in [5.41, 5.74) is 1.49. The topological polar surface area (TPSA) is 98.5 Å². The van der Waals surface area contributed by atoms with E-state index in [4.69, 9.17) is 0 Å². The molecule has 0 atom stereocenters. The number of benzene rings is 1. The molecule has 0 fully saturated rings. The van der Waals surface area contributed by atoms with Crippen LogP contribution < -0.4 is 5.32 Å². The van der Waals surface area contributed by atoms with E-state index < -0.39 is 0 Å². The fourth-order valence-electron chi connectivity index (χ4n) is 2.61.